The number of hydrogen-bond donors (Lipinski definition) is 1. The highest BCUT2D eigenvalue weighted by molar-refractivity contribution is 6.56. The van der Waals surface area contributed by atoms with Gasteiger partial charge in [-0.05, 0) is 11.6 Å². The van der Waals surface area contributed by atoms with Gasteiger partial charge in [0.2, 0.25) is 0 Å². The van der Waals surface area contributed by atoms with Crippen LogP contribution < -0.4 is 0 Å². The lowest BCUT2D eigenvalue weighted by Crippen LogP contribution is -1.93. The summed E-state index contributed by atoms with van der Waals surface area (Å²) in [7, 11) is 0. The SMILES string of the molecule is OCc1ccncc1-c1c(Cl)c(Cl)c(Cl)c(Cl)c1Cl. The Morgan fingerprint density at radius 3 is 1.95 bits per heavy atom. The summed E-state index contributed by atoms with van der Waals surface area (Å²) in [6.45, 7) is -0.192. The summed E-state index contributed by atoms with van der Waals surface area (Å²) in [6.07, 6.45) is 3.08. The van der Waals surface area contributed by atoms with Gasteiger partial charge in [-0.25, -0.2) is 0 Å². The number of aliphatic hydroxyl groups is 1. The molecule has 100 valence electrons. The fourth-order valence-corrected chi connectivity index (χ4v) is 2.97. The summed E-state index contributed by atoms with van der Waals surface area (Å²) >= 11 is 30.3. The van der Waals surface area contributed by atoms with Crippen molar-refractivity contribution >= 4 is 58.0 Å². The fraction of sp³-hybridized carbons (Fsp3) is 0.0833. The molecule has 1 aromatic heterocycles. The van der Waals surface area contributed by atoms with Crippen LogP contribution in [0.25, 0.3) is 11.1 Å². The number of benzene rings is 1. The summed E-state index contributed by atoms with van der Waals surface area (Å²) in [5, 5.41) is 10.0. The maximum absolute atomic E-state index is 9.35. The van der Waals surface area contributed by atoms with Crippen molar-refractivity contribution in [2.24, 2.45) is 0 Å². The molecule has 1 aromatic carbocycles. The minimum atomic E-state index is -0.192. The largest absolute Gasteiger partial charge is 0.392 e. The quantitative estimate of drug-likeness (QED) is 0.568. The van der Waals surface area contributed by atoms with Gasteiger partial charge >= 0.3 is 0 Å². The normalized spacial score (nSPS) is 10.8. The van der Waals surface area contributed by atoms with Gasteiger partial charge in [0.25, 0.3) is 0 Å². The van der Waals surface area contributed by atoms with Crippen molar-refractivity contribution in [1.29, 1.82) is 0 Å². The van der Waals surface area contributed by atoms with Crippen LogP contribution in [0.5, 0.6) is 0 Å². The van der Waals surface area contributed by atoms with Gasteiger partial charge in [0.05, 0.1) is 31.7 Å². The van der Waals surface area contributed by atoms with E-state index in [9.17, 15) is 5.11 Å². The summed E-state index contributed by atoms with van der Waals surface area (Å²) in [4.78, 5) is 3.99. The molecule has 0 aliphatic heterocycles. The predicted octanol–water partition coefficient (Wildman–Crippen LogP) is 5.51. The predicted molar refractivity (Wildman–Crippen MR) is 80.6 cm³/mol. The molecule has 1 heterocycles. The zero-order valence-corrected chi connectivity index (χ0v) is 13.0. The van der Waals surface area contributed by atoms with Crippen molar-refractivity contribution in [2.75, 3.05) is 0 Å². The van der Waals surface area contributed by atoms with E-state index in [1.807, 2.05) is 0 Å². The van der Waals surface area contributed by atoms with E-state index in [0.717, 1.165) is 0 Å². The zero-order chi connectivity index (χ0) is 14.2. The minimum absolute atomic E-state index is 0.0940. The van der Waals surface area contributed by atoms with E-state index in [1.165, 1.54) is 6.20 Å². The third-order valence-corrected chi connectivity index (χ3v) is 4.84. The van der Waals surface area contributed by atoms with Crippen LogP contribution in [-0.2, 0) is 6.61 Å². The van der Waals surface area contributed by atoms with E-state index >= 15 is 0 Å². The maximum atomic E-state index is 9.35. The second-order valence-electron chi connectivity index (χ2n) is 3.64. The molecule has 0 radical (unpaired) electrons. The van der Waals surface area contributed by atoms with E-state index in [-0.39, 0.29) is 31.7 Å². The van der Waals surface area contributed by atoms with Gasteiger partial charge in [-0.2, -0.15) is 0 Å². The first kappa shape index (κ1) is 15.2. The first-order valence-electron chi connectivity index (χ1n) is 5.04. The summed E-state index contributed by atoms with van der Waals surface area (Å²) in [5.41, 5.74) is 1.56. The molecule has 0 saturated heterocycles. The van der Waals surface area contributed by atoms with Gasteiger partial charge < -0.3 is 5.11 Å². The van der Waals surface area contributed by atoms with Crippen LogP contribution in [0.3, 0.4) is 0 Å². The lowest BCUT2D eigenvalue weighted by atomic mass is 10.0. The Balaban J connectivity index is 2.83. The molecule has 7 heteroatoms. The molecule has 0 amide bonds. The number of aromatic nitrogens is 1. The van der Waals surface area contributed by atoms with Crippen LogP contribution in [0.15, 0.2) is 18.5 Å². The molecule has 0 aliphatic rings. The molecule has 2 aromatic rings. The van der Waals surface area contributed by atoms with Gasteiger partial charge in [-0.3, -0.25) is 4.98 Å². The van der Waals surface area contributed by atoms with E-state index in [1.54, 1.807) is 12.3 Å². The van der Waals surface area contributed by atoms with Crippen LogP contribution in [-0.4, -0.2) is 10.1 Å². The Bertz CT molecular complexity index is 615. The van der Waals surface area contributed by atoms with Crippen molar-refractivity contribution in [3.8, 4) is 11.1 Å². The van der Waals surface area contributed by atoms with Crippen LogP contribution >= 0.6 is 58.0 Å². The van der Waals surface area contributed by atoms with Crippen LogP contribution in [0.1, 0.15) is 5.56 Å². The summed E-state index contributed by atoms with van der Waals surface area (Å²) in [6, 6.07) is 1.65. The summed E-state index contributed by atoms with van der Waals surface area (Å²) < 4.78 is 0. The molecule has 0 fully saturated rings. The molecule has 2 nitrogen and oxygen atoms in total. The third kappa shape index (κ3) is 2.66. The Hall–Kier alpha value is -0.220. The monoisotopic (exact) mass is 355 g/mol. The van der Waals surface area contributed by atoms with Crippen LogP contribution in [0.2, 0.25) is 25.1 Å². The number of rotatable bonds is 2. The number of aliphatic hydroxyl groups excluding tert-OH is 1. The molecular weight excluding hydrogens is 351 g/mol. The van der Waals surface area contributed by atoms with E-state index in [2.05, 4.69) is 4.98 Å². The molecule has 1 N–H and O–H groups in total. The second kappa shape index (κ2) is 6.04. The average Bonchev–Trinajstić information content (AvgIpc) is 2.44. The number of halogens is 5. The number of pyridine rings is 1. The van der Waals surface area contributed by atoms with E-state index in [4.69, 9.17) is 58.0 Å². The van der Waals surface area contributed by atoms with E-state index in [0.29, 0.717) is 16.7 Å². The first-order chi connectivity index (χ1) is 8.99. The third-order valence-electron chi connectivity index (χ3n) is 2.56. The molecule has 2 rings (SSSR count). The lowest BCUT2D eigenvalue weighted by molar-refractivity contribution is 0.282. The molecule has 0 spiro atoms. The minimum Gasteiger partial charge on any atom is -0.392 e. The van der Waals surface area contributed by atoms with Crippen molar-refractivity contribution in [2.45, 2.75) is 6.61 Å². The lowest BCUT2D eigenvalue weighted by Gasteiger charge is -2.14. The first-order valence-corrected chi connectivity index (χ1v) is 6.93. The average molecular weight is 357 g/mol. The van der Waals surface area contributed by atoms with E-state index < -0.39 is 0 Å². The molecule has 19 heavy (non-hydrogen) atoms. The standard InChI is InChI=1S/C12H6Cl5NO/c13-8-7(6-3-18-2-1-5(6)4-19)9(14)11(16)12(17)10(8)15/h1-3,19H,4H2. The molecular formula is C12H6Cl5NO. The number of nitrogens with zero attached hydrogens (tertiary/aromatic N) is 1. The van der Waals surface area contributed by atoms with Gasteiger partial charge in [-0.1, -0.05) is 58.0 Å². The molecule has 0 unspecified atom stereocenters. The highest BCUT2D eigenvalue weighted by Gasteiger charge is 2.21. The van der Waals surface area contributed by atoms with Gasteiger partial charge in [0.15, 0.2) is 0 Å². The molecule has 0 aliphatic carbocycles. The van der Waals surface area contributed by atoms with Crippen molar-refractivity contribution < 1.29 is 5.11 Å². The maximum Gasteiger partial charge on any atom is 0.0809 e. The van der Waals surface area contributed by atoms with Gasteiger partial charge in [0.1, 0.15) is 0 Å². The Morgan fingerprint density at radius 2 is 1.42 bits per heavy atom. The van der Waals surface area contributed by atoms with Crippen molar-refractivity contribution in [3.63, 3.8) is 0 Å². The van der Waals surface area contributed by atoms with Crippen molar-refractivity contribution in [3.05, 3.63) is 49.1 Å². The van der Waals surface area contributed by atoms with Crippen molar-refractivity contribution in [1.82, 2.24) is 4.98 Å². The highest BCUT2D eigenvalue weighted by atomic mass is 35.5. The second-order valence-corrected chi connectivity index (χ2v) is 5.53. The van der Waals surface area contributed by atoms with Gasteiger partial charge in [0, 0.05) is 23.5 Å². The molecule has 0 bridgehead atoms. The Kier molecular flexibility index (Phi) is 4.83. The Morgan fingerprint density at radius 1 is 0.895 bits per heavy atom. The topological polar surface area (TPSA) is 33.1 Å². The molecule has 0 saturated carbocycles. The smallest absolute Gasteiger partial charge is 0.0809 e. The van der Waals surface area contributed by atoms with Gasteiger partial charge in [-0.15, -0.1) is 0 Å². The number of hydrogen-bond acceptors (Lipinski definition) is 2. The molecule has 0 atom stereocenters. The fourth-order valence-electron chi connectivity index (χ4n) is 1.63. The summed E-state index contributed by atoms with van der Waals surface area (Å²) in [5.74, 6) is 0. The zero-order valence-electron chi connectivity index (χ0n) is 9.22. The van der Waals surface area contributed by atoms with Crippen LogP contribution in [0.4, 0.5) is 0 Å². The Labute approximate surface area is 134 Å². The van der Waals surface area contributed by atoms with Crippen LogP contribution in [0, 0.1) is 0 Å². The highest BCUT2D eigenvalue weighted by Crippen LogP contribution is 2.48.